The van der Waals surface area contributed by atoms with E-state index in [0.717, 1.165) is 29.2 Å². The van der Waals surface area contributed by atoms with Crippen molar-refractivity contribution in [1.29, 1.82) is 0 Å². The zero-order valence-electron chi connectivity index (χ0n) is 11.5. The summed E-state index contributed by atoms with van der Waals surface area (Å²) in [5, 5.41) is 0. The van der Waals surface area contributed by atoms with E-state index < -0.39 is 0 Å². The van der Waals surface area contributed by atoms with Crippen molar-refractivity contribution in [2.75, 3.05) is 7.11 Å². The van der Waals surface area contributed by atoms with Gasteiger partial charge < -0.3 is 15.0 Å². The minimum atomic E-state index is 0.0917. The largest absolute Gasteiger partial charge is 0.497 e. The van der Waals surface area contributed by atoms with Crippen molar-refractivity contribution in [1.82, 2.24) is 9.55 Å². The molecule has 0 amide bonds. The average Bonchev–Trinajstić information content (AvgIpc) is 2.74. The molecule has 0 spiro atoms. The summed E-state index contributed by atoms with van der Waals surface area (Å²) in [6, 6.07) is 6.09. The van der Waals surface area contributed by atoms with Crippen LogP contribution in [0, 0.1) is 0 Å². The molecule has 0 saturated carbocycles. The van der Waals surface area contributed by atoms with Crippen molar-refractivity contribution in [3.05, 3.63) is 24.0 Å². The molecule has 2 rings (SSSR count). The molecule has 4 heteroatoms. The molecule has 0 bridgehead atoms. The first-order valence-corrected chi connectivity index (χ1v) is 6.38. The summed E-state index contributed by atoms with van der Waals surface area (Å²) >= 11 is 0. The lowest BCUT2D eigenvalue weighted by Crippen LogP contribution is -2.25. The molecule has 2 N–H and O–H groups in total. The third-order valence-corrected chi connectivity index (χ3v) is 3.50. The molecule has 0 radical (unpaired) electrons. The molecule has 18 heavy (non-hydrogen) atoms. The number of ether oxygens (including phenoxy) is 1. The van der Waals surface area contributed by atoms with Crippen LogP contribution in [0.4, 0.5) is 0 Å². The topological polar surface area (TPSA) is 53.1 Å². The van der Waals surface area contributed by atoms with Crippen LogP contribution < -0.4 is 10.5 Å². The number of aryl methyl sites for hydroxylation is 1. The zero-order valence-corrected chi connectivity index (χ0v) is 11.5. The first kappa shape index (κ1) is 12.9. The summed E-state index contributed by atoms with van der Waals surface area (Å²) in [7, 11) is 1.67. The van der Waals surface area contributed by atoms with E-state index in [1.165, 1.54) is 0 Å². The third-order valence-electron chi connectivity index (χ3n) is 3.50. The molecule has 2 atom stereocenters. The first-order valence-electron chi connectivity index (χ1n) is 6.38. The normalized spacial score (nSPS) is 14.7. The summed E-state index contributed by atoms with van der Waals surface area (Å²) < 4.78 is 7.46. The number of fused-ring (bicyclic) bond motifs is 1. The van der Waals surface area contributed by atoms with Gasteiger partial charge in [-0.25, -0.2) is 4.98 Å². The number of nitrogens with two attached hydrogens (primary N) is 1. The van der Waals surface area contributed by atoms with Gasteiger partial charge in [0.25, 0.3) is 0 Å². The monoisotopic (exact) mass is 247 g/mol. The van der Waals surface area contributed by atoms with Crippen molar-refractivity contribution >= 4 is 11.0 Å². The molecule has 98 valence electrons. The molecule has 0 aliphatic carbocycles. The maximum atomic E-state index is 5.99. The Morgan fingerprint density at radius 1 is 1.39 bits per heavy atom. The lowest BCUT2D eigenvalue weighted by molar-refractivity contribution is 0.415. The number of aromatic nitrogens is 2. The minimum absolute atomic E-state index is 0.0917. The Bertz CT molecular complexity index is 545. The number of benzene rings is 1. The molecule has 1 aromatic carbocycles. The van der Waals surface area contributed by atoms with Crippen molar-refractivity contribution in [2.45, 2.75) is 39.3 Å². The van der Waals surface area contributed by atoms with E-state index >= 15 is 0 Å². The molecule has 0 aliphatic rings. The number of methoxy groups -OCH3 is 1. The van der Waals surface area contributed by atoms with Gasteiger partial charge in [-0.1, -0.05) is 6.92 Å². The van der Waals surface area contributed by atoms with Gasteiger partial charge in [0.15, 0.2) is 0 Å². The van der Waals surface area contributed by atoms with Gasteiger partial charge in [0, 0.05) is 24.6 Å². The average molecular weight is 247 g/mol. The quantitative estimate of drug-likeness (QED) is 0.903. The predicted molar refractivity (Wildman–Crippen MR) is 74.0 cm³/mol. The Kier molecular flexibility index (Phi) is 3.57. The van der Waals surface area contributed by atoms with Gasteiger partial charge >= 0.3 is 0 Å². The van der Waals surface area contributed by atoms with Crippen LogP contribution in [0.2, 0.25) is 0 Å². The van der Waals surface area contributed by atoms with Crippen LogP contribution in [0.5, 0.6) is 5.75 Å². The fraction of sp³-hybridized carbons (Fsp3) is 0.500. The summed E-state index contributed by atoms with van der Waals surface area (Å²) in [4.78, 5) is 4.72. The van der Waals surface area contributed by atoms with Gasteiger partial charge in [-0.05, 0) is 26.0 Å². The van der Waals surface area contributed by atoms with Crippen LogP contribution in [-0.2, 0) is 6.54 Å². The molecule has 0 saturated heterocycles. The smallest absolute Gasteiger partial charge is 0.121 e. The van der Waals surface area contributed by atoms with E-state index in [1.54, 1.807) is 7.11 Å². The van der Waals surface area contributed by atoms with Crippen LogP contribution in [0.3, 0.4) is 0 Å². The second-order valence-electron chi connectivity index (χ2n) is 4.72. The Morgan fingerprint density at radius 2 is 2.11 bits per heavy atom. The predicted octanol–water partition coefficient (Wildman–Crippen LogP) is 2.52. The van der Waals surface area contributed by atoms with E-state index in [4.69, 9.17) is 15.5 Å². The van der Waals surface area contributed by atoms with E-state index in [1.807, 2.05) is 19.1 Å². The van der Waals surface area contributed by atoms with Crippen LogP contribution in [0.25, 0.3) is 11.0 Å². The lowest BCUT2D eigenvalue weighted by atomic mass is 10.0. The minimum Gasteiger partial charge on any atom is -0.497 e. The summed E-state index contributed by atoms with van der Waals surface area (Å²) in [6.45, 7) is 7.16. The number of hydrogen-bond acceptors (Lipinski definition) is 3. The van der Waals surface area contributed by atoms with E-state index in [-0.39, 0.29) is 12.0 Å². The fourth-order valence-electron chi connectivity index (χ4n) is 2.17. The van der Waals surface area contributed by atoms with Crippen molar-refractivity contribution < 1.29 is 4.74 Å². The second-order valence-corrected chi connectivity index (χ2v) is 4.72. The van der Waals surface area contributed by atoms with Gasteiger partial charge in [0.2, 0.25) is 0 Å². The highest BCUT2D eigenvalue weighted by Crippen LogP contribution is 2.26. The number of nitrogens with zero attached hydrogens (tertiary/aromatic N) is 2. The van der Waals surface area contributed by atoms with Crippen LogP contribution >= 0.6 is 0 Å². The second kappa shape index (κ2) is 4.98. The molecular formula is C14H21N3O. The van der Waals surface area contributed by atoms with Crippen molar-refractivity contribution in [3.8, 4) is 5.75 Å². The highest BCUT2D eigenvalue weighted by atomic mass is 16.5. The Hall–Kier alpha value is -1.55. The van der Waals surface area contributed by atoms with Gasteiger partial charge in [-0.2, -0.15) is 0 Å². The molecule has 1 aromatic heterocycles. The fourth-order valence-corrected chi connectivity index (χ4v) is 2.17. The standard InChI is InChI=1S/C14H21N3O/c1-5-17-13-7-6-11(18-4)8-12(13)16-14(17)9(2)10(3)15/h6-10H,5,15H2,1-4H3. The maximum absolute atomic E-state index is 5.99. The van der Waals surface area contributed by atoms with Gasteiger partial charge in [-0.15, -0.1) is 0 Å². The van der Waals surface area contributed by atoms with E-state index in [2.05, 4.69) is 24.5 Å². The third kappa shape index (κ3) is 2.08. The number of imidazole rings is 1. The molecule has 1 heterocycles. The van der Waals surface area contributed by atoms with Gasteiger partial charge in [0.05, 0.1) is 18.1 Å². The highest BCUT2D eigenvalue weighted by Gasteiger charge is 2.18. The first-order chi connectivity index (χ1) is 8.58. The van der Waals surface area contributed by atoms with Crippen LogP contribution in [0.1, 0.15) is 32.5 Å². The maximum Gasteiger partial charge on any atom is 0.121 e. The highest BCUT2D eigenvalue weighted by molar-refractivity contribution is 5.78. The van der Waals surface area contributed by atoms with Crippen molar-refractivity contribution in [2.24, 2.45) is 5.73 Å². The van der Waals surface area contributed by atoms with E-state index in [9.17, 15) is 0 Å². The molecule has 0 fully saturated rings. The summed E-state index contributed by atoms with van der Waals surface area (Å²) in [5.41, 5.74) is 8.10. The zero-order chi connectivity index (χ0) is 13.3. The Labute approximate surface area is 108 Å². The molecule has 0 aliphatic heterocycles. The van der Waals surface area contributed by atoms with Crippen molar-refractivity contribution in [3.63, 3.8) is 0 Å². The Morgan fingerprint density at radius 3 is 2.67 bits per heavy atom. The van der Waals surface area contributed by atoms with E-state index in [0.29, 0.717) is 0 Å². The SMILES string of the molecule is CCn1c(C(C)C(C)N)nc2cc(OC)ccc21. The summed E-state index contributed by atoms with van der Waals surface area (Å²) in [5.74, 6) is 2.13. The lowest BCUT2D eigenvalue weighted by Gasteiger charge is -2.16. The molecule has 4 nitrogen and oxygen atoms in total. The molecular weight excluding hydrogens is 226 g/mol. The van der Waals surface area contributed by atoms with Gasteiger partial charge in [-0.3, -0.25) is 0 Å². The Balaban J connectivity index is 2.60. The van der Waals surface area contributed by atoms with Gasteiger partial charge in [0.1, 0.15) is 11.6 Å². The molecule has 2 unspecified atom stereocenters. The number of hydrogen-bond donors (Lipinski definition) is 1. The summed E-state index contributed by atoms with van der Waals surface area (Å²) in [6.07, 6.45) is 0. The number of rotatable bonds is 4. The van der Waals surface area contributed by atoms with Crippen LogP contribution in [0.15, 0.2) is 18.2 Å². The molecule has 2 aromatic rings. The van der Waals surface area contributed by atoms with Crippen LogP contribution in [-0.4, -0.2) is 22.7 Å².